The fourth-order valence-corrected chi connectivity index (χ4v) is 4.05. The summed E-state index contributed by atoms with van der Waals surface area (Å²) in [6.45, 7) is 8.11. The quantitative estimate of drug-likeness (QED) is 0.632. The second-order valence-electron chi connectivity index (χ2n) is 6.45. The number of hydrogen-bond acceptors (Lipinski definition) is 5. The van der Waals surface area contributed by atoms with E-state index in [0.717, 1.165) is 49.6 Å². The van der Waals surface area contributed by atoms with E-state index >= 15 is 0 Å². The average Bonchev–Trinajstić information content (AvgIpc) is 2.70. The van der Waals surface area contributed by atoms with Gasteiger partial charge in [0.1, 0.15) is 0 Å². The molecule has 0 saturated carbocycles. The molecule has 2 fully saturated rings. The summed E-state index contributed by atoms with van der Waals surface area (Å²) in [7, 11) is 0. The first-order valence-electron chi connectivity index (χ1n) is 8.98. The van der Waals surface area contributed by atoms with Crippen LogP contribution in [-0.4, -0.2) is 60.4 Å². The van der Waals surface area contributed by atoms with Gasteiger partial charge in [-0.1, -0.05) is 6.58 Å². The van der Waals surface area contributed by atoms with E-state index in [0.29, 0.717) is 19.1 Å². The van der Waals surface area contributed by atoms with Crippen LogP contribution in [-0.2, 0) is 14.3 Å². The van der Waals surface area contributed by atoms with Gasteiger partial charge in [0.05, 0.1) is 0 Å². The van der Waals surface area contributed by atoms with E-state index in [4.69, 9.17) is 4.74 Å². The molecule has 2 heterocycles. The van der Waals surface area contributed by atoms with Crippen LogP contribution in [0, 0.1) is 5.92 Å². The molecule has 0 spiro atoms. The lowest BCUT2D eigenvalue weighted by molar-refractivity contribution is -0.139. The van der Waals surface area contributed by atoms with E-state index in [1.165, 1.54) is 6.08 Å². The minimum atomic E-state index is -0.212. The first-order valence-corrected chi connectivity index (χ1v) is 9.76. The zero-order valence-electron chi connectivity index (χ0n) is 14.9. The Hall–Kier alpha value is -1.83. The van der Waals surface area contributed by atoms with Gasteiger partial charge in [-0.3, -0.25) is 9.59 Å². The summed E-state index contributed by atoms with van der Waals surface area (Å²) in [5, 5.41) is 2.74. The predicted molar refractivity (Wildman–Crippen MR) is 103 cm³/mol. The van der Waals surface area contributed by atoms with Crippen LogP contribution in [0.3, 0.4) is 0 Å². The number of ether oxygens (including phenoxy) is 1. The molecule has 0 atom stereocenters. The molecule has 6 nitrogen and oxygen atoms in total. The van der Waals surface area contributed by atoms with E-state index in [2.05, 4.69) is 16.2 Å². The predicted octanol–water partition coefficient (Wildman–Crippen LogP) is 2.39. The molecular weight excluding hydrogens is 350 g/mol. The number of anilines is 1. The van der Waals surface area contributed by atoms with Gasteiger partial charge in [-0.25, -0.2) is 4.31 Å². The molecular formula is C19H25N3O3S. The summed E-state index contributed by atoms with van der Waals surface area (Å²) in [5.74, 6) is 0.220. The summed E-state index contributed by atoms with van der Waals surface area (Å²) in [4.78, 5) is 27.0. The molecule has 1 aromatic rings. The van der Waals surface area contributed by atoms with Gasteiger partial charge >= 0.3 is 0 Å². The van der Waals surface area contributed by atoms with Gasteiger partial charge in [-0.2, -0.15) is 0 Å². The van der Waals surface area contributed by atoms with Gasteiger partial charge in [-0.15, -0.1) is 0 Å². The number of nitrogens with zero attached hydrogens (tertiary/aromatic N) is 2. The van der Waals surface area contributed by atoms with Crippen LogP contribution >= 0.6 is 11.9 Å². The van der Waals surface area contributed by atoms with E-state index in [9.17, 15) is 9.59 Å². The highest BCUT2D eigenvalue weighted by molar-refractivity contribution is 7.97. The van der Waals surface area contributed by atoms with E-state index in [-0.39, 0.29) is 11.8 Å². The summed E-state index contributed by atoms with van der Waals surface area (Å²) >= 11 is 1.69. The minimum absolute atomic E-state index is 0.140. The number of benzene rings is 1. The van der Waals surface area contributed by atoms with Crippen LogP contribution in [0.2, 0.25) is 0 Å². The Morgan fingerprint density at radius 3 is 2.38 bits per heavy atom. The van der Waals surface area contributed by atoms with Gasteiger partial charge in [0, 0.05) is 55.9 Å². The molecule has 0 radical (unpaired) electrons. The van der Waals surface area contributed by atoms with E-state index < -0.39 is 0 Å². The lowest BCUT2D eigenvalue weighted by Crippen LogP contribution is -2.49. The van der Waals surface area contributed by atoms with E-state index in [1.807, 2.05) is 29.2 Å². The molecule has 2 aliphatic heterocycles. The van der Waals surface area contributed by atoms with Crippen molar-refractivity contribution in [1.29, 1.82) is 0 Å². The van der Waals surface area contributed by atoms with Crippen molar-refractivity contribution in [2.45, 2.75) is 17.7 Å². The third-order valence-corrected chi connectivity index (χ3v) is 5.77. The number of carbonyl (C=O) groups is 2. The van der Waals surface area contributed by atoms with Crippen molar-refractivity contribution in [2.24, 2.45) is 5.92 Å². The topological polar surface area (TPSA) is 61.9 Å². The molecule has 7 heteroatoms. The van der Waals surface area contributed by atoms with Gasteiger partial charge in [0.2, 0.25) is 11.8 Å². The number of amides is 2. The Morgan fingerprint density at radius 2 is 1.77 bits per heavy atom. The van der Waals surface area contributed by atoms with Gasteiger partial charge in [-0.05, 0) is 55.1 Å². The Kier molecular flexibility index (Phi) is 6.71. The van der Waals surface area contributed by atoms with Crippen LogP contribution in [0.5, 0.6) is 0 Å². The van der Waals surface area contributed by atoms with Crippen molar-refractivity contribution < 1.29 is 14.3 Å². The fourth-order valence-electron chi connectivity index (χ4n) is 3.14. The molecule has 2 saturated heterocycles. The molecule has 26 heavy (non-hydrogen) atoms. The summed E-state index contributed by atoms with van der Waals surface area (Å²) in [5.41, 5.74) is 0.756. The van der Waals surface area contributed by atoms with Crippen molar-refractivity contribution in [1.82, 2.24) is 9.21 Å². The first kappa shape index (κ1) is 18.9. The maximum Gasteiger partial charge on any atom is 0.247 e. The third kappa shape index (κ3) is 5.09. The molecule has 1 N–H and O–H groups in total. The number of piperazine rings is 1. The average molecular weight is 375 g/mol. The molecule has 1 aromatic carbocycles. The number of rotatable bonds is 5. The molecule has 0 aliphatic carbocycles. The van der Waals surface area contributed by atoms with Crippen molar-refractivity contribution in [2.75, 3.05) is 44.7 Å². The highest BCUT2D eigenvalue weighted by atomic mass is 32.2. The van der Waals surface area contributed by atoms with Crippen LogP contribution in [0.25, 0.3) is 0 Å². The van der Waals surface area contributed by atoms with Crippen molar-refractivity contribution in [3.8, 4) is 0 Å². The number of nitrogens with one attached hydrogen (secondary N) is 1. The molecule has 3 rings (SSSR count). The maximum absolute atomic E-state index is 12.6. The summed E-state index contributed by atoms with van der Waals surface area (Å²) in [6, 6.07) is 7.75. The molecule has 0 bridgehead atoms. The molecule has 2 amide bonds. The lowest BCUT2D eigenvalue weighted by Gasteiger charge is -2.36. The Morgan fingerprint density at radius 1 is 1.12 bits per heavy atom. The zero-order valence-corrected chi connectivity index (χ0v) is 15.7. The van der Waals surface area contributed by atoms with Crippen molar-refractivity contribution in [3.05, 3.63) is 36.9 Å². The Labute approximate surface area is 158 Å². The SMILES string of the molecule is C=CC(=O)Nc1ccc(SN2CCN(C(=O)C3CCOCC3)CC2)cc1. The van der Waals surface area contributed by atoms with Gasteiger partial charge in [0.25, 0.3) is 0 Å². The lowest BCUT2D eigenvalue weighted by atomic mass is 9.98. The first-order chi connectivity index (χ1) is 12.7. The zero-order chi connectivity index (χ0) is 18.4. The smallest absolute Gasteiger partial charge is 0.247 e. The highest BCUT2D eigenvalue weighted by Gasteiger charge is 2.28. The monoisotopic (exact) mass is 375 g/mol. The highest BCUT2D eigenvalue weighted by Crippen LogP contribution is 2.26. The van der Waals surface area contributed by atoms with Crippen LogP contribution < -0.4 is 5.32 Å². The maximum atomic E-state index is 12.6. The fraction of sp³-hybridized carbons (Fsp3) is 0.474. The number of hydrogen-bond donors (Lipinski definition) is 1. The molecule has 0 unspecified atom stereocenters. The van der Waals surface area contributed by atoms with Gasteiger partial charge < -0.3 is 15.0 Å². The van der Waals surface area contributed by atoms with Crippen molar-refractivity contribution in [3.63, 3.8) is 0 Å². The Bertz CT molecular complexity index is 636. The molecule has 140 valence electrons. The third-order valence-electron chi connectivity index (χ3n) is 4.66. The summed E-state index contributed by atoms with van der Waals surface area (Å²) in [6.07, 6.45) is 2.95. The standard InChI is InChI=1S/C19H25N3O3S/c1-2-18(23)20-16-3-5-17(6-4-16)26-22-11-9-21(10-12-22)19(24)15-7-13-25-14-8-15/h2-6,15H,1,7-14H2,(H,20,23). The minimum Gasteiger partial charge on any atom is -0.381 e. The Balaban J connectivity index is 1.45. The van der Waals surface area contributed by atoms with Crippen molar-refractivity contribution >= 4 is 29.4 Å². The van der Waals surface area contributed by atoms with Crippen LogP contribution in [0.1, 0.15) is 12.8 Å². The molecule has 2 aliphatic rings. The second kappa shape index (κ2) is 9.21. The van der Waals surface area contributed by atoms with Crippen LogP contribution in [0.15, 0.2) is 41.8 Å². The summed E-state index contributed by atoms with van der Waals surface area (Å²) < 4.78 is 7.63. The largest absolute Gasteiger partial charge is 0.381 e. The molecule has 0 aromatic heterocycles. The number of carbonyl (C=O) groups excluding carboxylic acids is 2. The van der Waals surface area contributed by atoms with Crippen LogP contribution in [0.4, 0.5) is 5.69 Å². The normalized spacial score (nSPS) is 19.2. The van der Waals surface area contributed by atoms with E-state index in [1.54, 1.807) is 11.9 Å². The second-order valence-corrected chi connectivity index (χ2v) is 7.62. The van der Waals surface area contributed by atoms with Gasteiger partial charge in [0.15, 0.2) is 0 Å².